The number of aliphatic carboxylic acids is 1. The first kappa shape index (κ1) is 19.5. The van der Waals surface area contributed by atoms with Gasteiger partial charge in [-0.05, 0) is 6.42 Å². The number of hydrogen-bond donors (Lipinski definition) is 2. The molecule has 9 heteroatoms. The summed E-state index contributed by atoms with van der Waals surface area (Å²) in [5, 5.41) is 11.2. The first-order chi connectivity index (χ1) is 10.7. The highest BCUT2D eigenvalue weighted by molar-refractivity contribution is 6.67. The lowest BCUT2D eigenvalue weighted by Crippen LogP contribution is -2.42. The second kappa shape index (κ2) is 8.96. The van der Waals surface area contributed by atoms with Crippen LogP contribution in [-0.4, -0.2) is 39.4 Å². The molecule has 1 unspecified atom stereocenters. The molecule has 2 N–H and O–H groups in total. The number of nitrogens with one attached hydrogen (secondary N) is 1. The van der Waals surface area contributed by atoms with Crippen molar-refractivity contribution in [2.75, 3.05) is 6.61 Å². The fraction of sp³-hybridized carbons (Fsp3) is 0.357. The predicted octanol–water partition coefficient (Wildman–Crippen LogP) is 3.20. The Labute approximate surface area is 147 Å². The van der Waals surface area contributed by atoms with Gasteiger partial charge in [-0.2, -0.15) is 0 Å². The molecule has 0 radical (unpaired) electrons. The third kappa shape index (κ3) is 8.06. The van der Waals surface area contributed by atoms with Gasteiger partial charge in [-0.3, -0.25) is 4.79 Å². The average Bonchev–Trinajstić information content (AvgIpc) is 2.49. The minimum absolute atomic E-state index is 0.0499. The van der Waals surface area contributed by atoms with Crippen LogP contribution in [0.15, 0.2) is 30.3 Å². The number of carboxylic acids is 1. The van der Waals surface area contributed by atoms with E-state index in [1.54, 1.807) is 30.3 Å². The van der Waals surface area contributed by atoms with E-state index in [9.17, 15) is 14.4 Å². The quantitative estimate of drug-likeness (QED) is 0.558. The van der Waals surface area contributed by atoms with Crippen molar-refractivity contribution in [2.24, 2.45) is 0 Å². The van der Waals surface area contributed by atoms with Gasteiger partial charge in [0.25, 0.3) is 0 Å². The number of benzene rings is 1. The Bertz CT molecular complexity index is 559. The van der Waals surface area contributed by atoms with Gasteiger partial charge in [-0.25, -0.2) is 9.59 Å². The van der Waals surface area contributed by atoms with Crippen LogP contribution < -0.4 is 5.32 Å². The molecule has 0 aliphatic rings. The molecule has 0 aliphatic carbocycles. The number of ether oxygens (including phenoxy) is 1. The largest absolute Gasteiger partial charge is 0.480 e. The SMILES string of the molecule is O=C(NC(CCC(=O)c1ccccc1)C(=O)O)OCC(Cl)(Cl)Cl. The van der Waals surface area contributed by atoms with Gasteiger partial charge in [0.2, 0.25) is 3.79 Å². The van der Waals surface area contributed by atoms with Crippen LogP contribution in [-0.2, 0) is 9.53 Å². The Morgan fingerprint density at radius 2 is 1.78 bits per heavy atom. The number of carbonyl (C=O) groups is 3. The lowest BCUT2D eigenvalue weighted by atomic mass is 10.0. The first-order valence-corrected chi connectivity index (χ1v) is 7.63. The lowest BCUT2D eigenvalue weighted by Gasteiger charge is -2.16. The highest BCUT2D eigenvalue weighted by Crippen LogP contribution is 2.25. The first-order valence-electron chi connectivity index (χ1n) is 6.50. The van der Waals surface area contributed by atoms with E-state index >= 15 is 0 Å². The number of Topliss-reactive ketones (excluding diaryl/α,β-unsaturated/α-hetero) is 1. The van der Waals surface area contributed by atoms with Gasteiger partial charge in [-0.15, -0.1) is 0 Å². The number of carbonyl (C=O) groups excluding carboxylic acids is 2. The Morgan fingerprint density at radius 3 is 2.30 bits per heavy atom. The van der Waals surface area contributed by atoms with Crippen LogP contribution in [0.25, 0.3) is 0 Å². The maximum absolute atomic E-state index is 11.9. The van der Waals surface area contributed by atoms with Crippen LogP contribution in [0, 0.1) is 0 Å². The van der Waals surface area contributed by atoms with E-state index in [0.717, 1.165) is 0 Å². The second-order valence-corrected chi connectivity index (χ2v) is 7.07. The smallest absolute Gasteiger partial charge is 0.407 e. The van der Waals surface area contributed by atoms with E-state index in [4.69, 9.17) is 39.9 Å². The molecular weight excluding hydrogens is 369 g/mol. The van der Waals surface area contributed by atoms with E-state index in [-0.39, 0.29) is 18.6 Å². The summed E-state index contributed by atoms with van der Waals surface area (Å²) in [7, 11) is 0. The normalized spacial score (nSPS) is 12.3. The monoisotopic (exact) mass is 381 g/mol. The van der Waals surface area contributed by atoms with Crippen molar-refractivity contribution in [1.29, 1.82) is 0 Å². The Balaban J connectivity index is 2.51. The molecule has 126 valence electrons. The molecule has 0 spiro atoms. The number of carboxylic acid groups (broad SMARTS) is 1. The number of rotatable bonds is 7. The number of alkyl halides is 3. The molecule has 1 aromatic carbocycles. The van der Waals surface area contributed by atoms with E-state index in [2.05, 4.69) is 10.1 Å². The number of hydrogen-bond acceptors (Lipinski definition) is 4. The maximum atomic E-state index is 11.9. The van der Waals surface area contributed by atoms with Crippen LogP contribution >= 0.6 is 34.8 Å². The van der Waals surface area contributed by atoms with Gasteiger partial charge in [0.05, 0.1) is 0 Å². The minimum Gasteiger partial charge on any atom is -0.480 e. The molecule has 0 aromatic heterocycles. The van der Waals surface area contributed by atoms with Crippen LogP contribution in [0.1, 0.15) is 23.2 Å². The van der Waals surface area contributed by atoms with Gasteiger partial charge >= 0.3 is 12.1 Å². The van der Waals surface area contributed by atoms with Gasteiger partial charge in [0.1, 0.15) is 12.6 Å². The molecule has 1 rings (SSSR count). The molecule has 1 amide bonds. The molecule has 0 fully saturated rings. The molecular formula is C14H14Cl3NO5. The summed E-state index contributed by atoms with van der Waals surface area (Å²) in [6.45, 7) is -0.529. The molecule has 6 nitrogen and oxygen atoms in total. The van der Waals surface area contributed by atoms with Crippen molar-refractivity contribution in [3.8, 4) is 0 Å². The summed E-state index contributed by atoms with van der Waals surface area (Å²) >= 11 is 16.2. The van der Waals surface area contributed by atoms with Crippen molar-refractivity contribution in [3.05, 3.63) is 35.9 Å². The van der Waals surface area contributed by atoms with Crippen LogP contribution in [0.4, 0.5) is 4.79 Å². The summed E-state index contributed by atoms with van der Waals surface area (Å²) in [6.07, 6.45) is -1.19. The second-order valence-electron chi connectivity index (χ2n) is 4.55. The summed E-state index contributed by atoms with van der Waals surface area (Å²) in [5.41, 5.74) is 0.468. The zero-order chi connectivity index (χ0) is 17.5. The van der Waals surface area contributed by atoms with E-state index in [1.165, 1.54) is 0 Å². The van der Waals surface area contributed by atoms with Crippen LogP contribution in [0.5, 0.6) is 0 Å². The highest BCUT2D eigenvalue weighted by Gasteiger charge is 2.25. The fourth-order valence-corrected chi connectivity index (χ4v) is 1.80. The Hall–Kier alpha value is -1.50. The molecule has 0 aliphatic heterocycles. The summed E-state index contributed by atoms with van der Waals surface area (Å²) < 4.78 is 2.79. The fourth-order valence-electron chi connectivity index (χ4n) is 1.63. The number of ketones is 1. The predicted molar refractivity (Wildman–Crippen MR) is 86.2 cm³/mol. The molecule has 1 aromatic rings. The zero-order valence-corrected chi connectivity index (χ0v) is 14.1. The van der Waals surface area contributed by atoms with Crippen molar-refractivity contribution in [1.82, 2.24) is 5.32 Å². The van der Waals surface area contributed by atoms with Crippen molar-refractivity contribution in [2.45, 2.75) is 22.7 Å². The summed E-state index contributed by atoms with van der Waals surface area (Å²) in [6, 6.07) is 7.13. The van der Waals surface area contributed by atoms with E-state index in [0.29, 0.717) is 5.56 Å². The van der Waals surface area contributed by atoms with Crippen molar-refractivity contribution >= 4 is 52.6 Å². The van der Waals surface area contributed by atoms with Crippen molar-refractivity contribution in [3.63, 3.8) is 0 Å². The summed E-state index contributed by atoms with van der Waals surface area (Å²) in [5.74, 6) is -1.52. The lowest BCUT2D eigenvalue weighted by molar-refractivity contribution is -0.139. The van der Waals surface area contributed by atoms with Gasteiger partial charge < -0.3 is 15.2 Å². The minimum atomic E-state index is -1.79. The summed E-state index contributed by atoms with van der Waals surface area (Å²) in [4.78, 5) is 34.5. The molecule has 1 atom stereocenters. The molecule has 0 saturated carbocycles. The number of halogens is 3. The topological polar surface area (TPSA) is 92.7 Å². The van der Waals surface area contributed by atoms with E-state index in [1.807, 2.05) is 0 Å². The van der Waals surface area contributed by atoms with Gasteiger partial charge in [0, 0.05) is 12.0 Å². The van der Waals surface area contributed by atoms with Crippen LogP contribution in [0.2, 0.25) is 0 Å². The molecule has 0 saturated heterocycles. The standard InChI is InChI=1S/C14H14Cl3NO5/c15-14(16,17)8-23-13(22)18-10(12(20)21)6-7-11(19)9-4-2-1-3-5-9/h1-5,10H,6-8H2,(H,18,22)(H,20,21). The van der Waals surface area contributed by atoms with Crippen molar-refractivity contribution < 1.29 is 24.2 Å². The average molecular weight is 383 g/mol. The van der Waals surface area contributed by atoms with E-state index < -0.39 is 28.5 Å². The maximum Gasteiger partial charge on any atom is 0.407 e. The third-order valence-electron chi connectivity index (χ3n) is 2.71. The van der Waals surface area contributed by atoms with Gasteiger partial charge in [0.15, 0.2) is 5.78 Å². The third-order valence-corrected chi connectivity index (χ3v) is 3.04. The van der Waals surface area contributed by atoms with Gasteiger partial charge in [-0.1, -0.05) is 65.1 Å². The Morgan fingerprint density at radius 1 is 1.17 bits per heavy atom. The number of amides is 1. The Kier molecular flexibility index (Phi) is 7.61. The molecule has 0 heterocycles. The van der Waals surface area contributed by atoms with Crippen LogP contribution in [0.3, 0.4) is 0 Å². The molecule has 0 bridgehead atoms. The highest BCUT2D eigenvalue weighted by atomic mass is 35.6. The molecule has 23 heavy (non-hydrogen) atoms. The number of alkyl carbamates (subject to hydrolysis) is 1. The zero-order valence-electron chi connectivity index (χ0n) is 11.8.